The predicted molar refractivity (Wildman–Crippen MR) is 84.8 cm³/mol. The summed E-state index contributed by atoms with van der Waals surface area (Å²) in [4.78, 5) is 10.7. The first-order valence-corrected chi connectivity index (χ1v) is 8.17. The third-order valence-electron chi connectivity index (χ3n) is 5.02. The van der Waals surface area contributed by atoms with Crippen molar-refractivity contribution in [2.75, 3.05) is 24.7 Å². The number of ether oxygens (including phenoxy) is 1. The summed E-state index contributed by atoms with van der Waals surface area (Å²) < 4.78 is 19.9. The SMILES string of the molecule is O[C@@H]1CCOC[C@@H]1[C@H]1CCCN1c1ncnc2cccc(F)c12. The fraction of sp³-hybridized carbons (Fsp3) is 0.529. The van der Waals surface area contributed by atoms with Gasteiger partial charge in [-0.1, -0.05) is 6.07 Å². The van der Waals surface area contributed by atoms with Crippen molar-refractivity contribution < 1.29 is 14.2 Å². The maximum Gasteiger partial charge on any atom is 0.143 e. The zero-order valence-electron chi connectivity index (χ0n) is 12.9. The summed E-state index contributed by atoms with van der Waals surface area (Å²) in [6.07, 6.45) is 3.75. The molecule has 0 radical (unpaired) electrons. The van der Waals surface area contributed by atoms with Gasteiger partial charge in [-0.15, -0.1) is 0 Å². The molecule has 2 aromatic rings. The quantitative estimate of drug-likeness (QED) is 0.919. The van der Waals surface area contributed by atoms with Gasteiger partial charge in [-0.2, -0.15) is 0 Å². The van der Waals surface area contributed by atoms with Crippen LogP contribution < -0.4 is 4.90 Å². The van der Waals surface area contributed by atoms with Gasteiger partial charge < -0.3 is 14.7 Å². The first kappa shape index (κ1) is 14.8. The molecule has 2 aliphatic rings. The van der Waals surface area contributed by atoms with Crippen LogP contribution in [0.2, 0.25) is 0 Å². The lowest BCUT2D eigenvalue weighted by atomic mass is 9.89. The molecule has 1 aromatic heterocycles. The third-order valence-corrected chi connectivity index (χ3v) is 5.02. The third kappa shape index (κ3) is 2.56. The van der Waals surface area contributed by atoms with Gasteiger partial charge >= 0.3 is 0 Å². The molecule has 122 valence electrons. The van der Waals surface area contributed by atoms with Gasteiger partial charge in [0.25, 0.3) is 0 Å². The van der Waals surface area contributed by atoms with Crippen molar-refractivity contribution in [1.82, 2.24) is 9.97 Å². The molecular formula is C17H20FN3O2. The van der Waals surface area contributed by atoms with Crippen LogP contribution in [-0.4, -0.2) is 47.0 Å². The van der Waals surface area contributed by atoms with Crippen LogP contribution in [0.1, 0.15) is 19.3 Å². The topological polar surface area (TPSA) is 58.5 Å². The summed E-state index contributed by atoms with van der Waals surface area (Å²) in [6.45, 7) is 1.97. The maximum absolute atomic E-state index is 14.4. The minimum atomic E-state index is -0.368. The molecule has 2 saturated heterocycles. The molecule has 0 aliphatic carbocycles. The molecule has 3 atom stereocenters. The second-order valence-electron chi connectivity index (χ2n) is 6.33. The number of halogens is 1. The van der Waals surface area contributed by atoms with E-state index in [-0.39, 0.29) is 23.9 Å². The number of rotatable bonds is 2. The second-order valence-corrected chi connectivity index (χ2v) is 6.33. The first-order valence-electron chi connectivity index (χ1n) is 8.17. The number of hydrogen-bond donors (Lipinski definition) is 1. The van der Waals surface area contributed by atoms with Crippen molar-refractivity contribution in [3.63, 3.8) is 0 Å². The number of aliphatic hydroxyl groups excluding tert-OH is 1. The van der Waals surface area contributed by atoms with Crippen molar-refractivity contribution in [2.24, 2.45) is 5.92 Å². The number of nitrogens with zero attached hydrogens (tertiary/aromatic N) is 3. The average molecular weight is 317 g/mol. The molecule has 0 amide bonds. The largest absolute Gasteiger partial charge is 0.393 e. The Balaban J connectivity index is 1.74. The van der Waals surface area contributed by atoms with Crippen LogP contribution in [0.4, 0.5) is 10.2 Å². The van der Waals surface area contributed by atoms with Crippen LogP contribution in [0.15, 0.2) is 24.5 Å². The van der Waals surface area contributed by atoms with Gasteiger partial charge in [-0.05, 0) is 31.4 Å². The van der Waals surface area contributed by atoms with E-state index in [2.05, 4.69) is 14.9 Å². The van der Waals surface area contributed by atoms with Gasteiger partial charge in [0.2, 0.25) is 0 Å². The van der Waals surface area contributed by atoms with Crippen LogP contribution >= 0.6 is 0 Å². The first-order chi connectivity index (χ1) is 11.3. The van der Waals surface area contributed by atoms with E-state index < -0.39 is 0 Å². The predicted octanol–water partition coefficient (Wildman–Crippen LogP) is 2.14. The van der Waals surface area contributed by atoms with E-state index in [0.717, 1.165) is 19.4 Å². The Bertz CT molecular complexity index is 706. The van der Waals surface area contributed by atoms with Crippen LogP contribution in [0.5, 0.6) is 0 Å². The summed E-state index contributed by atoms with van der Waals surface area (Å²) in [5.41, 5.74) is 0.612. The molecular weight excluding hydrogens is 297 g/mol. The molecule has 1 N–H and O–H groups in total. The average Bonchev–Trinajstić information content (AvgIpc) is 3.04. The van der Waals surface area contributed by atoms with Crippen molar-refractivity contribution in [3.05, 3.63) is 30.3 Å². The van der Waals surface area contributed by atoms with E-state index in [9.17, 15) is 9.50 Å². The molecule has 1 aromatic carbocycles. The lowest BCUT2D eigenvalue weighted by Crippen LogP contribution is -2.46. The highest BCUT2D eigenvalue weighted by atomic mass is 19.1. The highest BCUT2D eigenvalue weighted by Gasteiger charge is 2.38. The van der Waals surface area contributed by atoms with Gasteiger partial charge in [-0.3, -0.25) is 0 Å². The molecule has 0 unspecified atom stereocenters. The smallest absolute Gasteiger partial charge is 0.143 e. The fourth-order valence-corrected chi connectivity index (χ4v) is 3.89. The molecule has 2 fully saturated rings. The van der Waals surface area contributed by atoms with E-state index in [0.29, 0.717) is 36.4 Å². The van der Waals surface area contributed by atoms with E-state index in [1.54, 1.807) is 12.1 Å². The number of aromatic nitrogens is 2. The minimum absolute atomic E-state index is 0.0445. The molecule has 4 rings (SSSR count). The Morgan fingerprint density at radius 2 is 2.17 bits per heavy atom. The number of anilines is 1. The summed E-state index contributed by atoms with van der Waals surface area (Å²) in [5, 5.41) is 10.8. The molecule has 5 nitrogen and oxygen atoms in total. The number of fused-ring (bicyclic) bond motifs is 1. The minimum Gasteiger partial charge on any atom is -0.393 e. The van der Waals surface area contributed by atoms with Crippen molar-refractivity contribution >= 4 is 16.7 Å². The van der Waals surface area contributed by atoms with Gasteiger partial charge in [0.15, 0.2) is 0 Å². The Morgan fingerprint density at radius 3 is 3.04 bits per heavy atom. The highest BCUT2D eigenvalue weighted by molar-refractivity contribution is 5.90. The zero-order chi connectivity index (χ0) is 15.8. The summed E-state index contributed by atoms with van der Waals surface area (Å²) in [6, 6.07) is 5.03. The molecule has 2 aliphatic heterocycles. The van der Waals surface area contributed by atoms with Gasteiger partial charge in [-0.25, -0.2) is 14.4 Å². The highest BCUT2D eigenvalue weighted by Crippen LogP contribution is 2.36. The van der Waals surface area contributed by atoms with Crippen LogP contribution in [0.3, 0.4) is 0 Å². The van der Waals surface area contributed by atoms with Crippen molar-refractivity contribution in [1.29, 1.82) is 0 Å². The van der Waals surface area contributed by atoms with Gasteiger partial charge in [0.1, 0.15) is 18.0 Å². The fourth-order valence-electron chi connectivity index (χ4n) is 3.89. The monoisotopic (exact) mass is 317 g/mol. The van der Waals surface area contributed by atoms with Crippen molar-refractivity contribution in [2.45, 2.75) is 31.4 Å². The van der Waals surface area contributed by atoms with E-state index in [1.807, 2.05) is 0 Å². The Labute approximate surface area is 134 Å². The number of hydrogen-bond acceptors (Lipinski definition) is 5. The lowest BCUT2D eigenvalue weighted by molar-refractivity contribution is -0.0438. The van der Waals surface area contributed by atoms with E-state index in [4.69, 9.17) is 4.74 Å². The summed E-state index contributed by atoms with van der Waals surface area (Å²) >= 11 is 0. The number of benzene rings is 1. The molecule has 0 spiro atoms. The van der Waals surface area contributed by atoms with Crippen LogP contribution in [0, 0.1) is 11.7 Å². The van der Waals surface area contributed by atoms with E-state index in [1.165, 1.54) is 12.4 Å². The Hall–Kier alpha value is -1.79. The summed E-state index contributed by atoms with van der Waals surface area (Å²) in [5.74, 6) is 0.376. The molecule has 0 saturated carbocycles. The maximum atomic E-state index is 14.4. The van der Waals surface area contributed by atoms with E-state index >= 15 is 0 Å². The van der Waals surface area contributed by atoms with Gasteiger partial charge in [0, 0.05) is 25.1 Å². The number of aliphatic hydroxyl groups is 1. The summed E-state index contributed by atoms with van der Waals surface area (Å²) in [7, 11) is 0. The van der Waals surface area contributed by atoms with Crippen LogP contribution in [0.25, 0.3) is 10.9 Å². The normalized spacial score (nSPS) is 28.4. The van der Waals surface area contributed by atoms with Crippen molar-refractivity contribution in [3.8, 4) is 0 Å². The standard InChI is InChI=1S/C17H20FN3O2/c18-12-3-1-4-13-16(12)17(20-10-19-13)21-7-2-5-14(21)11-9-23-8-6-15(11)22/h1,3-4,10-11,14-15,22H,2,5-9H2/t11-,14-,15-/m1/s1. The molecule has 23 heavy (non-hydrogen) atoms. The Morgan fingerprint density at radius 1 is 1.26 bits per heavy atom. The Kier molecular flexibility index (Phi) is 3.87. The molecule has 0 bridgehead atoms. The van der Waals surface area contributed by atoms with Crippen LogP contribution in [-0.2, 0) is 4.74 Å². The molecule has 3 heterocycles. The molecule has 6 heteroatoms. The lowest BCUT2D eigenvalue weighted by Gasteiger charge is -2.37. The van der Waals surface area contributed by atoms with Gasteiger partial charge in [0.05, 0.1) is 23.6 Å². The zero-order valence-corrected chi connectivity index (χ0v) is 12.9. The second kappa shape index (κ2) is 6.02.